The van der Waals surface area contributed by atoms with Crippen LogP contribution in [0.25, 0.3) is 0 Å². The van der Waals surface area contributed by atoms with E-state index in [0.717, 1.165) is 58.4 Å². The van der Waals surface area contributed by atoms with Crippen LogP contribution in [0.2, 0.25) is 0 Å². The third-order valence-electron chi connectivity index (χ3n) is 4.97. The fourth-order valence-electron chi connectivity index (χ4n) is 3.25. The number of hydrogen-bond donors (Lipinski definition) is 1. The first kappa shape index (κ1) is 18.5. The third-order valence-corrected chi connectivity index (χ3v) is 4.97. The average Bonchev–Trinajstić information content (AvgIpc) is 3.04. The summed E-state index contributed by atoms with van der Waals surface area (Å²) in [5, 5.41) is 3.67. The SMILES string of the molecule is CCCCC(CC)CNCc1cccn1CCN1CCOCC1. The van der Waals surface area contributed by atoms with Crippen LogP contribution in [0.1, 0.15) is 45.2 Å². The van der Waals surface area contributed by atoms with Crippen LogP contribution in [-0.2, 0) is 17.8 Å². The first-order chi connectivity index (χ1) is 11.3. The van der Waals surface area contributed by atoms with Gasteiger partial charge in [-0.25, -0.2) is 0 Å². The molecule has 1 aromatic heterocycles. The summed E-state index contributed by atoms with van der Waals surface area (Å²) in [6, 6.07) is 4.42. The van der Waals surface area contributed by atoms with Crippen LogP contribution in [0.3, 0.4) is 0 Å². The van der Waals surface area contributed by atoms with Gasteiger partial charge in [0.25, 0.3) is 0 Å². The third kappa shape index (κ3) is 6.66. The van der Waals surface area contributed by atoms with Gasteiger partial charge >= 0.3 is 0 Å². The molecule has 2 heterocycles. The Labute approximate surface area is 142 Å². The number of aromatic nitrogens is 1. The van der Waals surface area contributed by atoms with Crippen molar-refractivity contribution in [2.75, 3.05) is 39.4 Å². The predicted molar refractivity (Wildman–Crippen MR) is 96.7 cm³/mol. The van der Waals surface area contributed by atoms with Crippen LogP contribution in [0.15, 0.2) is 18.3 Å². The van der Waals surface area contributed by atoms with Gasteiger partial charge in [-0.2, -0.15) is 0 Å². The van der Waals surface area contributed by atoms with Gasteiger partial charge in [-0.15, -0.1) is 0 Å². The van der Waals surface area contributed by atoms with E-state index >= 15 is 0 Å². The quantitative estimate of drug-likeness (QED) is 0.679. The summed E-state index contributed by atoms with van der Waals surface area (Å²) in [5.41, 5.74) is 1.41. The molecule has 0 saturated carbocycles. The van der Waals surface area contributed by atoms with Gasteiger partial charge in [-0.1, -0.05) is 33.1 Å². The molecule has 0 amide bonds. The number of nitrogens with one attached hydrogen (secondary N) is 1. The summed E-state index contributed by atoms with van der Waals surface area (Å²) in [6.07, 6.45) is 7.52. The van der Waals surface area contributed by atoms with E-state index in [1.54, 1.807) is 0 Å². The Kier molecular flexibility index (Phi) is 8.72. The first-order valence-electron chi connectivity index (χ1n) is 9.48. The summed E-state index contributed by atoms with van der Waals surface area (Å²) in [4.78, 5) is 2.50. The molecule has 1 aromatic rings. The van der Waals surface area contributed by atoms with Crippen molar-refractivity contribution in [1.29, 1.82) is 0 Å². The summed E-state index contributed by atoms with van der Waals surface area (Å²) in [7, 11) is 0. The zero-order valence-electron chi connectivity index (χ0n) is 15.1. The highest BCUT2D eigenvalue weighted by Crippen LogP contribution is 2.12. The van der Waals surface area contributed by atoms with Crippen LogP contribution < -0.4 is 5.32 Å². The van der Waals surface area contributed by atoms with Gasteiger partial charge in [-0.3, -0.25) is 4.90 Å². The van der Waals surface area contributed by atoms with Crippen LogP contribution in [0, 0.1) is 5.92 Å². The Hall–Kier alpha value is -0.840. The topological polar surface area (TPSA) is 29.4 Å². The Bertz CT molecular complexity index is 413. The molecule has 1 unspecified atom stereocenters. The minimum atomic E-state index is 0.826. The van der Waals surface area contributed by atoms with Crippen LogP contribution in [0.5, 0.6) is 0 Å². The smallest absolute Gasteiger partial charge is 0.0594 e. The number of hydrogen-bond acceptors (Lipinski definition) is 3. The van der Waals surface area contributed by atoms with Gasteiger partial charge in [0, 0.05) is 44.6 Å². The Morgan fingerprint density at radius 1 is 1.22 bits per heavy atom. The van der Waals surface area contributed by atoms with E-state index in [0.29, 0.717) is 0 Å². The first-order valence-corrected chi connectivity index (χ1v) is 9.48. The van der Waals surface area contributed by atoms with E-state index in [-0.39, 0.29) is 0 Å². The standard InChI is InChI=1S/C19H35N3O/c1-3-5-7-18(4-2)16-20-17-19-8-6-9-22(19)11-10-21-12-14-23-15-13-21/h6,8-9,18,20H,3-5,7,10-17H2,1-2H3. The normalized spacial score (nSPS) is 17.5. The summed E-state index contributed by atoms with van der Waals surface area (Å²) in [6.45, 7) is 12.8. The van der Waals surface area contributed by atoms with E-state index < -0.39 is 0 Å². The van der Waals surface area contributed by atoms with Crippen LogP contribution >= 0.6 is 0 Å². The maximum Gasteiger partial charge on any atom is 0.0594 e. The van der Waals surface area contributed by atoms with E-state index in [1.807, 2.05) is 0 Å². The van der Waals surface area contributed by atoms with Gasteiger partial charge in [0.2, 0.25) is 0 Å². The minimum Gasteiger partial charge on any atom is -0.379 e. The summed E-state index contributed by atoms with van der Waals surface area (Å²) in [5.74, 6) is 0.826. The molecule has 0 aromatic carbocycles. The van der Waals surface area contributed by atoms with E-state index in [9.17, 15) is 0 Å². The van der Waals surface area contributed by atoms with Crippen molar-refractivity contribution in [3.05, 3.63) is 24.0 Å². The highest BCUT2D eigenvalue weighted by atomic mass is 16.5. The van der Waals surface area contributed by atoms with Gasteiger partial charge in [0.1, 0.15) is 0 Å². The van der Waals surface area contributed by atoms with Gasteiger partial charge in [0.15, 0.2) is 0 Å². The molecule has 1 N–H and O–H groups in total. The molecule has 132 valence electrons. The molecule has 2 rings (SSSR count). The van der Waals surface area contributed by atoms with E-state index in [2.05, 4.69) is 47.0 Å². The molecule has 23 heavy (non-hydrogen) atoms. The lowest BCUT2D eigenvalue weighted by atomic mass is 9.99. The number of morpholine rings is 1. The van der Waals surface area contributed by atoms with E-state index in [1.165, 1.54) is 31.4 Å². The number of ether oxygens (including phenoxy) is 1. The fourth-order valence-corrected chi connectivity index (χ4v) is 3.25. The monoisotopic (exact) mass is 321 g/mol. The van der Waals surface area contributed by atoms with Crippen LogP contribution in [-0.4, -0.2) is 48.9 Å². The molecule has 1 saturated heterocycles. The van der Waals surface area contributed by atoms with E-state index in [4.69, 9.17) is 4.74 Å². The van der Waals surface area contributed by atoms with Crippen molar-refractivity contribution in [2.24, 2.45) is 5.92 Å². The molecule has 1 atom stereocenters. The largest absolute Gasteiger partial charge is 0.379 e. The highest BCUT2D eigenvalue weighted by molar-refractivity contribution is 5.07. The van der Waals surface area contributed by atoms with Gasteiger partial charge < -0.3 is 14.6 Å². The molecule has 4 nitrogen and oxygen atoms in total. The number of nitrogens with zero attached hydrogens (tertiary/aromatic N) is 2. The molecule has 1 fully saturated rings. The second-order valence-electron chi connectivity index (χ2n) is 6.69. The van der Waals surface area contributed by atoms with Crippen molar-refractivity contribution >= 4 is 0 Å². The van der Waals surface area contributed by atoms with Gasteiger partial charge in [-0.05, 0) is 31.0 Å². The minimum absolute atomic E-state index is 0.826. The number of unbranched alkanes of at least 4 members (excludes halogenated alkanes) is 1. The molecule has 1 aliphatic heterocycles. The second kappa shape index (κ2) is 10.8. The van der Waals surface area contributed by atoms with Crippen molar-refractivity contribution in [1.82, 2.24) is 14.8 Å². The van der Waals surface area contributed by atoms with Crippen molar-refractivity contribution < 1.29 is 4.74 Å². The Balaban J connectivity index is 1.70. The predicted octanol–water partition coefficient (Wildman–Crippen LogP) is 3.13. The lowest BCUT2D eigenvalue weighted by molar-refractivity contribution is 0.0363. The number of rotatable bonds is 11. The highest BCUT2D eigenvalue weighted by Gasteiger charge is 2.11. The zero-order valence-corrected chi connectivity index (χ0v) is 15.1. The molecule has 0 bridgehead atoms. The fraction of sp³-hybridized carbons (Fsp3) is 0.789. The van der Waals surface area contributed by atoms with Crippen LogP contribution in [0.4, 0.5) is 0 Å². The van der Waals surface area contributed by atoms with Crippen molar-refractivity contribution in [2.45, 2.75) is 52.6 Å². The maximum atomic E-state index is 5.42. The lowest BCUT2D eigenvalue weighted by Gasteiger charge is -2.27. The zero-order chi connectivity index (χ0) is 16.3. The molecular formula is C19H35N3O. The molecule has 0 radical (unpaired) electrons. The summed E-state index contributed by atoms with van der Waals surface area (Å²) < 4.78 is 7.81. The Morgan fingerprint density at radius 2 is 2.04 bits per heavy atom. The Morgan fingerprint density at radius 3 is 2.78 bits per heavy atom. The lowest BCUT2D eigenvalue weighted by Crippen LogP contribution is -2.38. The molecular weight excluding hydrogens is 286 g/mol. The van der Waals surface area contributed by atoms with Crippen molar-refractivity contribution in [3.8, 4) is 0 Å². The molecule has 0 aliphatic carbocycles. The maximum absolute atomic E-state index is 5.42. The molecule has 0 spiro atoms. The second-order valence-corrected chi connectivity index (χ2v) is 6.69. The molecule has 1 aliphatic rings. The average molecular weight is 322 g/mol. The van der Waals surface area contributed by atoms with Gasteiger partial charge in [0.05, 0.1) is 13.2 Å². The van der Waals surface area contributed by atoms with Crippen molar-refractivity contribution in [3.63, 3.8) is 0 Å². The molecule has 4 heteroatoms. The summed E-state index contributed by atoms with van der Waals surface area (Å²) >= 11 is 0.